The summed E-state index contributed by atoms with van der Waals surface area (Å²) in [5, 5.41) is 3.25. The van der Waals surface area contributed by atoms with Gasteiger partial charge in [0.2, 0.25) is 0 Å². The maximum Gasteiger partial charge on any atom is 0.128 e. The highest BCUT2D eigenvalue weighted by atomic mass is 35.5. The first-order chi connectivity index (χ1) is 11.7. The molecule has 0 saturated carbocycles. The molecule has 0 atom stereocenters. The van der Waals surface area contributed by atoms with Gasteiger partial charge < -0.3 is 0 Å². The van der Waals surface area contributed by atoms with E-state index in [4.69, 9.17) is 21.6 Å². The van der Waals surface area contributed by atoms with Gasteiger partial charge >= 0.3 is 0 Å². The van der Waals surface area contributed by atoms with E-state index in [1.165, 1.54) is 58.3 Å². The van der Waals surface area contributed by atoms with E-state index >= 15 is 0 Å². The van der Waals surface area contributed by atoms with Crippen molar-refractivity contribution < 1.29 is 0 Å². The van der Waals surface area contributed by atoms with E-state index in [0.29, 0.717) is 0 Å². The number of hydrogen-bond acceptors (Lipinski definition) is 4. The molecule has 1 aliphatic carbocycles. The van der Waals surface area contributed by atoms with Crippen LogP contribution < -0.4 is 0 Å². The highest BCUT2D eigenvalue weighted by molar-refractivity contribution is 7.98. The largest absolute Gasteiger partial charge is 0.226 e. The number of thiophene rings is 1. The van der Waals surface area contributed by atoms with E-state index in [1.54, 1.807) is 0 Å². The van der Waals surface area contributed by atoms with E-state index in [0.717, 1.165) is 21.6 Å². The van der Waals surface area contributed by atoms with Gasteiger partial charge in [-0.15, -0.1) is 23.1 Å². The van der Waals surface area contributed by atoms with Crippen molar-refractivity contribution in [2.75, 3.05) is 0 Å². The fraction of sp³-hybridized carbons (Fsp3) is 0.368. The van der Waals surface area contributed by atoms with Crippen LogP contribution >= 0.6 is 34.7 Å². The zero-order chi connectivity index (χ0) is 16.5. The smallest absolute Gasteiger partial charge is 0.128 e. The van der Waals surface area contributed by atoms with Crippen molar-refractivity contribution in [3.05, 3.63) is 51.1 Å². The Morgan fingerprint density at radius 1 is 1.08 bits per heavy atom. The van der Waals surface area contributed by atoms with Crippen LogP contribution in [0.4, 0.5) is 0 Å². The van der Waals surface area contributed by atoms with Crippen molar-refractivity contribution in [1.82, 2.24) is 9.97 Å². The minimum atomic E-state index is 0.784. The molecule has 0 spiro atoms. The zero-order valence-electron chi connectivity index (χ0n) is 13.6. The van der Waals surface area contributed by atoms with Gasteiger partial charge in [-0.2, -0.15) is 0 Å². The Morgan fingerprint density at radius 3 is 2.71 bits per heavy atom. The molecule has 0 unspecified atom stereocenters. The maximum atomic E-state index is 5.98. The van der Waals surface area contributed by atoms with Gasteiger partial charge in [0.15, 0.2) is 0 Å². The summed E-state index contributed by atoms with van der Waals surface area (Å²) < 4.78 is 0. The predicted molar refractivity (Wildman–Crippen MR) is 104 cm³/mol. The van der Waals surface area contributed by atoms with Crippen molar-refractivity contribution >= 4 is 44.9 Å². The second-order valence-corrected chi connectivity index (χ2v) is 8.72. The Bertz CT molecular complexity index is 871. The van der Waals surface area contributed by atoms with Crippen LogP contribution in [0, 0.1) is 6.92 Å². The maximum absolute atomic E-state index is 5.98. The molecule has 3 aromatic rings. The van der Waals surface area contributed by atoms with Gasteiger partial charge in [-0.25, -0.2) is 9.97 Å². The number of thioether (sulfide) groups is 1. The molecule has 4 rings (SSSR count). The molecular formula is C19H19ClN2S2. The molecule has 0 aliphatic heterocycles. The monoisotopic (exact) mass is 374 g/mol. The molecule has 0 N–H and O–H groups in total. The molecule has 124 valence electrons. The minimum absolute atomic E-state index is 0.784. The number of hydrogen-bond donors (Lipinski definition) is 0. The number of aryl methyl sites for hydroxylation is 3. The van der Waals surface area contributed by atoms with E-state index in [1.807, 2.05) is 42.2 Å². The molecule has 5 heteroatoms. The highest BCUT2D eigenvalue weighted by Crippen LogP contribution is 2.39. The lowest BCUT2D eigenvalue weighted by atomic mass is 10.1. The third kappa shape index (κ3) is 3.32. The normalized spacial score (nSPS) is 14.6. The highest BCUT2D eigenvalue weighted by Gasteiger charge is 2.20. The number of halogens is 1. The Kier molecular flexibility index (Phi) is 4.79. The van der Waals surface area contributed by atoms with Crippen molar-refractivity contribution in [3.8, 4) is 0 Å². The standard InChI is InChI=1S/C19H19ClN2S2/c1-12-21-18(23-11-13-7-9-14(20)10-8-13)17-15-5-3-2-4-6-16(15)24-19(17)22-12/h7-10H,2-6,11H2,1H3. The van der Waals surface area contributed by atoms with Gasteiger partial charge in [0, 0.05) is 21.0 Å². The molecule has 0 fully saturated rings. The molecule has 2 aromatic heterocycles. The van der Waals surface area contributed by atoms with Gasteiger partial charge in [0.1, 0.15) is 15.7 Å². The number of rotatable bonds is 3. The summed E-state index contributed by atoms with van der Waals surface area (Å²) in [6, 6.07) is 8.09. The lowest BCUT2D eigenvalue weighted by molar-refractivity contribution is 0.713. The van der Waals surface area contributed by atoms with E-state index in [2.05, 4.69) is 12.1 Å². The SMILES string of the molecule is Cc1nc(SCc2ccc(Cl)cc2)c2c3c(sc2n1)CCCCC3. The van der Waals surface area contributed by atoms with Crippen molar-refractivity contribution in [2.24, 2.45) is 0 Å². The molecule has 2 nitrogen and oxygen atoms in total. The Morgan fingerprint density at radius 2 is 1.88 bits per heavy atom. The Hall–Kier alpha value is -1.10. The lowest BCUT2D eigenvalue weighted by Crippen LogP contribution is -1.94. The summed E-state index contributed by atoms with van der Waals surface area (Å²) in [6.07, 6.45) is 6.31. The van der Waals surface area contributed by atoms with E-state index in [-0.39, 0.29) is 0 Å². The van der Waals surface area contributed by atoms with Gasteiger partial charge in [0.25, 0.3) is 0 Å². The van der Waals surface area contributed by atoms with Crippen LogP contribution in [0.5, 0.6) is 0 Å². The Labute approximate surface area is 155 Å². The summed E-state index contributed by atoms with van der Waals surface area (Å²) in [5.41, 5.74) is 2.79. The summed E-state index contributed by atoms with van der Waals surface area (Å²) >= 11 is 9.68. The van der Waals surface area contributed by atoms with E-state index < -0.39 is 0 Å². The van der Waals surface area contributed by atoms with Crippen LogP contribution in [0.3, 0.4) is 0 Å². The molecule has 0 amide bonds. The van der Waals surface area contributed by atoms with Crippen LogP contribution in [0.1, 0.15) is 41.1 Å². The average molecular weight is 375 g/mol. The van der Waals surface area contributed by atoms with Crippen LogP contribution in [0.2, 0.25) is 5.02 Å². The molecule has 0 radical (unpaired) electrons. The first-order valence-corrected chi connectivity index (χ1v) is 10.5. The number of benzene rings is 1. The third-order valence-corrected chi connectivity index (χ3v) is 6.92. The van der Waals surface area contributed by atoms with Crippen molar-refractivity contribution in [1.29, 1.82) is 0 Å². The molecule has 1 aliphatic rings. The van der Waals surface area contributed by atoms with Crippen LogP contribution in [-0.4, -0.2) is 9.97 Å². The molecule has 24 heavy (non-hydrogen) atoms. The predicted octanol–water partition coefficient (Wildman–Crippen LogP) is 6.21. The van der Waals surface area contributed by atoms with Crippen LogP contribution in [-0.2, 0) is 18.6 Å². The minimum Gasteiger partial charge on any atom is -0.226 e. The molecular weight excluding hydrogens is 356 g/mol. The first kappa shape index (κ1) is 16.4. The molecule has 1 aromatic carbocycles. The second kappa shape index (κ2) is 7.03. The quantitative estimate of drug-likeness (QED) is 0.309. The number of nitrogens with zero attached hydrogens (tertiary/aromatic N) is 2. The average Bonchev–Trinajstić information content (AvgIpc) is 2.75. The fourth-order valence-corrected chi connectivity index (χ4v) is 5.79. The van der Waals surface area contributed by atoms with Crippen molar-refractivity contribution in [3.63, 3.8) is 0 Å². The van der Waals surface area contributed by atoms with Gasteiger partial charge in [-0.05, 0) is 55.9 Å². The summed E-state index contributed by atoms with van der Waals surface area (Å²) in [4.78, 5) is 12.2. The van der Waals surface area contributed by atoms with Crippen molar-refractivity contribution in [2.45, 2.75) is 49.8 Å². The van der Waals surface area contributed by atoms with Gasteiger partial charge in [-0.1, -0.05) is 30.2 Å². The first-order valence-electron chi connectivity index (χ1n) is 8.37. The summed E-state index contributed by atoms with van der Waals surface area (Å²) in [6.45, 7) is 2.00. The molecule has 0 saturated heterocycles. The number of fused-ring (bicyclic) bond motifs is 3. The van der Waals surface area contributed by atoms with Crippen LogP contribution in [0.15, 0.2) is 29.3 Å². The lowest BCUT2D eigenvalue weighted by Gasteiger charge is -2.07. The van der Waals surface area contributed by atoms with E-state index in [9.17, 15) is 0 Å². The molecule has 2 heterocycles. The fourth-order valence-electron chi connectivity index (χ4n) is 3.24. The Balaban J connectivity index is 1.70. The summed E-state index contributed by atoms with van der Waals surface area (Å²) in [5.74, 6) is 1.78. The van der Waals surface area contributed by atoms with Crippen LogP contribution in [0.25, 0.3) is 10.2 Å². The second-order valence-electron chi connectivity index (χ2n) is 6.24. The van der Waals surface area contributed by atoms with Gasteiger partial charge in [-0.3, -0.25) is 0 Å². The zero-order valence-corrected chi connectivity index (χ0v) is 16.0. The third-order valence-electron chi connectivity index (χ3n) is 4.43. The number of aromatic nitrogens is 2. The van der Waals surface area contributed by atoms with Gasteiger partial charge in [0.05, 0.1) is 0 Å². The summed E-state index contributed by atoms with van der Waals surface area (Å²) in [7, 11) is 0. The topological polar surface area (TPSA) is 25.8 Å². The molecule has 0 bridgehead atoms.